The van der Waals surface area contributed by atoms with Crippen LogP contribution in [0.25, 0.3) is 11.1 Å². The van der Waals surface area contributed by atoms with E-state index < -0.39 is 24.0 Å². The minimum absolute atomic E-state index is 0.272. The van der Waals surface area contributed by atoms with Crippen LogP contribution in [-0.4, -0.2) is 12.7 Å². The van der Waals surface area contributed by atoms with Gasteiger partial charge in [0.05, 0.1) is 0 Å². The summed E-state index contributed by atoms with van der Waals surface area (Å²) in [6, 6.07) is 9.71. The highest BCUT2D eigenvalue weighted by molar-refractivity contribution is 5.65. The van der Waals surface area contributed by atoms with E-state index in [0.717, 1.165) is 37.8 Å². The van der Waals surface area contributed by atoms with Crippen LogP contribution in [-0.2, 0) is 0 Å². The summed E-state index contributed by atoms with van der Waals surface area (Å²) in [5, 5.41) is 0. The van der Waals surface area contributed by atoms with E-state index in [-0.39, 0.29) is 11.6 Å². The Morgan fingerprint density at radius 2 is 1.44 bits per heavy atom. The molecule has 6 heteroatoms. The second kappa shape index (κ2) is 7.44. The van der Waals surface area contributed by atoms with Crippen molar-refractivity contribution in [1.82, 2.24) is 0 Å². The van der Waals surface area contributed by atoms with E-state index >= 15 is 0 Å². The lowest BCUT2D eigenvalue weighted by Crippen LogP contribution is -2.25. The molecule has 1 aliphatic rings. The Bertz CT molecular complexity index is 702. The number of halogens is 4. The van der Waals surface area contributed by atoms with E-state index in [1.165, 1.54) is 5.56 Å². The molecule has 25 heavy (non-hydrogen) atoms. The molecule has 1 aliphatic carbocycles. The Kier molecular flexibility index (Phi) is 5.27. The van der Waals surface area contributed by atoms with Gasteiger partial charge in [0.15, 0.2) is 17.4 Å². The maximum Gasteiger partial charge on any atom is 0.387 e. The maximum absolute atomic E-state index is 13.9. The number of nitrogens with two attached hydrogens (primary N) is 1. The van der Waals surface area contributed by atoms with Crippen molar-refractivity contribution in [3.8, 4) is 16.9 Å². The van der Waals surface area contributed by atoms with Crippen molar-refractivity contribution in [2.45, 2.75) is 44.3 Å². The predicted molar refractivity (Wildman–Crippen MR) is 87.6 cm³/mol. The molecule has 0 aromatic heterocycles. The molecule has 1 fully saturated rings. The van der Waals surface area contributed by atoms with Gasteiger partial charge in [-0.05, 0) is 60.4 Å². The zero-order valence-corrected chi connectivity index (χ0v) is 13.5. The predicted octanol–water partition coefficient (Wildman–Crippen LogP) is 5.22. The monoisotopic (exact) mass is 353 g/mol. The summed E-state index contributed by atoms with van der Waals surface area (Å²) in [6.07, 6.45) is 4.05. The molecule has 0 amide bonds. The van der Waals surface area contributed by atoms with E-state index in [2.05, 4.69) is 4.74 Å². The second-order valence-electron chi connectivity index (χ2n) is 6.38. The van der Waals surface area contributed by atoms with Crippen molar-refractivity contribution in [2.75, 3.05) is 0 Å². The average Bonchev–Trinajstić information content (AvgIpc) is 2.59. The van der Waals surface area contributed by atoms with Crippen molar-refractivity contribution in [2.24, 2.45) is 5.73 Å². The molecule has 0 saturated heterocycles. The number of benzene rings is 2. The van der Waals surface area contributed by atoms with Crippen LogP contribution in [0.2, 0.25) is 0 Å². The van der Waals surface area contributed by atoms with E-state index in [4.69, 9.17) is 5.73 Å². The Labute approximate surface area is 143 Å². The summed E-state index contributed by atoms with van der Waals surface area (Å²) < 4.78 is 56.0. The average molecular weight is 353 g/mol. The highest BCUT2D eigenvalue weighted by atomic mass is 19.3. The lowest BCUT2D eigenvalue weighted by atomic mass is 9.82. The fourth-order valence-electron chi connectivity index (χ4n) is 3.33. The minimum atomic E-state index is -3.28. The Morgan fingerprint density at radius 1 is 0.880 bits per heavy atom. The van der Waals surface area contributed by atoms with Crippen molar-refractivity contribution < 1.29 is 22.3 Å². The zero-order chi connectivity index (χ0) is 18.0. The number of alkyl halides is 2. The van der Waals surface area contributed by atoms with Crippen LogP contribution in [0.5, 0.6) is 5.75 Å². The van der Waals surface area contributed by atoms with Gasteiger partial charge in [-0.3, -0.25) is 0 Å². The van der Waals surface area contributed by atoms with Gasteiger partial charge in [-0.15, -0.1) is 0 Å². The van der Waals surface area contributed by atoms with Gasteiger partial charge in [-0.2, -0.15) is 8.78 Å². The molecule has 0 bridgehead atoms. The third-order valence-corrected chi connectivity index (χ3v) is 4.69. The van der Waals surface area contributed by atoms with Gasteiger partial charge in [-0.25, -0.2) is 8.78 Å². The largest absolute Gasteiger partial charge is 0.429 e. The van der Waals surface area contributed by atoms with Crippen molar-refractivity contribution >= 4 is 0 Å². The normalized spacial score (nSPS) is 20.7. The summed E-state index contributed by atoms with van der Waals surface area (Å²) in [7, 11) is 0. The molecule has 0 spiro atoms. The topological polar surface area (TPSA) is 35.2 Å². The van der Waals surface area contributed by atoms with Crippen molar-refractivity contribution in [3.05, 3.63) is 53.6 Å². The molecule has 0 heterocycles. The first kappa shape index (κ1) is 17.7. The van der Waals surface area contributed by atoms with Gasteiger partial charge in [0.1, 0.15) is 0 Å². The fraction of sp³-hybridized carbons (Fsp3) is 0.368. The first-order valence-electron chi connectivity index (χ1n) is 8.24. The molecule has 0 atom stereocenters. The second-order valence-corrected chi connectivity index (χ2v) is 6.38. The van der Waals surface area contributed by atoms with Crippen LogP contribution < -0.4 is 10.5 Å². The molecule has 2 aromatic rings. The Hall–Kier alpha value is -2.08. The summed E-state index contributed by atoms with van der Waals surface area (Å²) in [5.74, 6) is -2.92. The van der Waals surface area contributed by atoms with Crippen LogP contribution in [0.4, 0.5) is 17.6 Å². The van der Waals surface area contributed by atoms with Crippen LogP contribution >= 0.6 is 0 Å². The van der Waals surface area contributed by atoms with Crippen molar-refractivity contribution in [3.63, 3.8) is 0 Å². The quantitative estimate of drug-likeness (QED) is 0.765. The number of rotatable bonds is 4. The van der Waals surface area contributed by atoms with E-state index in [0.29, 0.717) is 11.5 Å². The molecule has 1 saturated carbocycles. The third-order valence-electron chi connectivity index (χ3n) is 4.69. The van der Waals surface area contributed by atoms with Gasteiger partial charge >= 0.3 is 6.61 Å². The molecule has 2 N–H and O–H groups in total. The molecule has 0 aliphatic heterocycles. The lowest BCUT2D eigenvalue weighted by Gasteiger charge is -2.26. The Balaban J connectivity index is 1.80. The van der Waals surface area contributed by atoms with Crippen LogP contribution in [0.3, 0.4) is 0 Å². The summed E-state index contributed by atoms with van der Waals surface area (Å²) >= 11 is 0. The highest BCUT2D eigenvalue weighted by Crippen LogP contribution is 2.34. The van der Waals surface area contributed by atoms with E-state index in [9.17, 15) is 17.6 Å². The van der Waals surface area contributed by atoms with Gasteiger partial charge in [0.25, 0.3) is 0 Å². The van der Waals surface area contributed by atoms with Crippen LogP contribution in [0.15, 0.2) is 36.4 Å². The smallest absolute Gasteiger partial charge is 0.387 e. The van der Waals surface area contributed by atoms with Gasteiger partial charge in [0.2, 0.25) is 0 Å². The first-order chi connectivity index (χ1) is 11.9. The Morgan fingerprint density at radius 3 is 1.96 bits per heavy atom. The minimum Gasteiger partial charge on any atom is -0.429 e. The lowest BCUT2D eigenvalue weighted by molar-refractivity contribution is -0.0546. The highest BCUT2D eigenvalue weighted by Gasteiger charge is 2.20. The molecule has 3 rings (SSSR count). The van der Waals surface area contributed by atoms with Gasteiger partial charge < -0.3 is 10.5 Å². The summed E-state index contributed by atoms with van der Waals surface area (Å²) in [5.41, 5.74) is 7.97. The SMILES string of the molecule is NC1CCC(c2ccc(-c3cc(F)c(OC(F)F)c(F)c3)cc2)CC1. The summed E-state index contributed by atoms with van der Waals surface area (Å²) in [4.78, 5) is 0. The molecule has 0 radical (unpaired) electrons. The van der Waals surface area contributed by atoms with Crippen LogP contribution in [0.1, 0.15) is 37.2 Å². The molecule has 134 valence electrons. The number of hydrogen-bond acceptors (Lipinski definition) is 2. The molecule has 2 nitrogen and oxygen atoms in total. The first-order valence-corrected chi connectivity index (χ1v) is 8.24. The molecule has 2 aromatic carbocycles. The number of ether oxygens (including phenoxy) is 1. The fourth-order valence-corrected chi connectivity index (χ4v) is 3.33. The van der Waals surface area contributed by atoms with E-state index in [1.54, 1.807) is 12.1 Å². The molecule has 0 unspecified atom stereocenters. The maximum atomic E-state index is 13.9. The van der Waals surface area contributed by atoms with Gasteiger partial charge in [-0.1, -0.05) is 24.3 Å². The molecular weight excluding hydrogens is 334 g/mol. The number of hydrogen-bond donors (Lipinski definition) is 1. The molecular formula is C19H19F4NO. The van der Waals surface area contributed by atoms with Gasteiger partial charge in [0, 0.05) is 6.04 Å². The van der Waals surface area contributed by atoms with E-state index in [1.807, 2.05) is 12.1 Å². The zero-order valence-electron chi connectivity index (χ0n) is 13.5. The standard InChI is InChI=1S/C19H19F4NO/c20-16-9-14(10-17(21)18(16)25-19(22)23)13-3-1-11(2-4-13)12-5-7-15(24)8-6-12/h1-4,9-10,12,15,19H,5-8,24H2. The third kappa shape index (κ3) is 4.12. The summed E-state index contributed by atoms with van der Waals surface area (Å²) in [6.45, 7) is -3.28. The van der Waals surface area contributed by atoms with Crippen molar-refractivity contribution in [1.29, 1.82) is 0 Å². The van der Waals surface area contributed by atoms with Crippen LogP contribution in [0, 0.1) is 11.6 Å².